The van der Waals surface area contributed by atoms with Crippen LogP contribution in [0.5, 0.6) is 0 Å². The maximum atomic E-state index is 11.8. The molecule has 2 N–H and O–H groups in total. The molecule has 112 valence electrons. The van der Waals surface area contributed by atoms with Crippen LogP contribution in [0.1, 0.15) is 25.5 Å². The first-order chi connectivity index (χ1) is 9.48. The smallest absolute Gasteiger partial charge is 0.315 e. The van der Waals surface area contributed by atoms with Gasteiger partial charge in [0.2, 0.25) is 0 Å². The lowest BCUT2D eigenvalue weighted by Crippen LogP contribution is -2.42. The second-order valence-electron chi connectivity index (χ2n) is 5.45. The second-order valence-corrected chi connectivity index (χ2v) is 7.97. The Hall–Kier alpha value is -0.950. The first kappa shape index (κ1) is 15.4. The number of anilines is 1. The summed E-state index contributed by atoms with van der Waals surface area (Å²) in [5.41, 5.74) is 0.898. The summed E-state index contributed by atoms with van der Waals surface area (Å²) in [5, 5.41) is 8.75. The fraction of sp³-hybridized carbons (Fsp3) is 0.692. The Morgan fingerprint density at radius 3 is 2.90 bits per heavy atom. The molecule has 0 saturated carbocycles. The van der Waals surface area contributed by atoms with Crippen LogP contribution in [-0.4, -0.2) is 42.2 Å². The molecule has 2 amide bonds. The van der Waals surface area contributed by atoms with E-state index in [1.165, 1.54) is 18.6 Å². The molecule has 1 aromatic rings. The Labute approximate surface area is 128 Å². The third kappa shape index (κ3) is 4.28. The van der Waals surface area contributed by atoms with Gasteiger partial charge in [0, 0.05) is 30.8 Å². The van der Waals surface area contributed by atoms with Gasteiger partial charge in [0.15, 0.2) is 5.13 Å². The quantitative estimate of drug-likeness (QED) is 0.875. The zero-order chi connectivity index (χ0) is 14.6. The van der Waals surface area contributed by atoms with Gasteiger partial charge in [-0.3, -0.25) is 0 Å². The molecule has 0 aliphatic carbocycles. The van der Waals surface area contributed by atoms with Crippen molar-refractivity contribution >= 4 is 34.3 Å². The highest BCUT2D eigenvalue weighted by molar-refractivity contribution is 8.00. The molecule has 7 heteroatoms. The van der Waals surface area contributed by atoms with Crippen LogP contribution in [0.2, 0.25) is 0 Å². The summed E-state index contributed by atoms with van der Waals surface area (Å²) in [6.07, 6.45) is 2.42. The number of urea groups is 1. The minimum absolute atomic E-state index is 0.113. The predicted molar refractivity (Wildman–Crippen MR) is 86.8 cm³/mol. The number of hydrogen-bond donors (Lipinski definition) is 2. The summed E-state index contributed by atoms with van der Waals surface area (Å²) in [4.78, 5) is 18.2. The SMILES string of the molecule is CN(C)c1nc(CNC(=O)NC[C@]2(C)CCCS2)cs1. The van der Waals surface area contributed by atoms with Crippen LogP contribution in [0.3, 0.4) is 0 Å². The van der Waals surface area contributed by atoms with E-state index in [1.54, 1.807) is 11.3 Å². The Morgan fingerprint density at radius 1 is 1.50 bits per heavy atom. The number of aromatic nitrogens is 1. The van der Waals surface area contributed by atoms with E-state index in [-0.39, 0.29) is 10.8 Å². The summed E-state index contributed by atoms with van der Waals surface area (Å²) < 4.78 is 0.204. The first-order valence-corrected chi connectivity index (χ1v) is 8.62. The number of carbonyl (C=O) groups excluding carboxylic acids is 1. The number of rotatable bonds is 5. The fourth-order valence-electron chi connectivity index (χ4n) is 2.06. The molecule has 0 aromatic carbocycles. The molecule has 1 aliphatic rings. The van der Waals surface area contributed by atoms with Crippen LogP contribution in [-0.2, 0) is 6.54 Å². The highest BCUT2D eigenvalue weighted by atomic mass is 32.2. The highest BCUT2D eigenvalue weighted by Crippen LogP contribution is 2.36. The van der Waals surface area contributed by atoms with E-state index in [4.69, 9.17) is 0 Å². The molecule has 0 unspecified atom stereocenters. The summed E-state index contributed by atoms with van der Waals surface area (Å²) in [6, 6.07) is -0.113. The van der Waals surface area contributed by atoms with Crippen LogP contribution >= 0.6 is 23.1 Å². The summed E-state index contributed by atoms with van der Waals surface area (Å²) in [6.45, 7) is 3.41. The minimum Gasteiger partial charge on any atom is -0.354 e. The van der Waals surface area contributed by atoms with Crippen molar-refractivity contribution in [1.29, 1.82) is 0 Å². The third-order valence-corrected chi connectivity index (χ3v) is 5.87. The summed E-state index contributed by atoms with van der Waals surface area (Å²) in [7, 11) is 3.92. The first-order valence-electron chi connectivity index (χ1n) is 6.76. The molecule has 2 rings (SSSR count). The normalized spacial score (nSPS) is 21.8. The van der Waals surface area contributed by atoms with E-state index >= 15 is 0 Å². The van der Waals surface area contributed by atoms with Crippen LogP contribution in [0.15, 0.2) is 5.38 Å². The van der Waals surface area contributed by atoms with Crippen LogP contribution in [0, 0.1) is 0 Å². The molecule has 0 bridgehead atoms. The molecule has 0 radical (unpaired) electrons. The van der Waals surface area contributed by atoms with Gasteiger partial charge in [-0.25, -0.2) is 9.78 Å². The van der Waals surface area contributed by atoms with Crippen LogP contribution in [0.4, 0.5) is 9.93 Å². The van der Waals surface area contributed by atoms with Crippen molar-refractivity contribution in [1.82, 2.24) is 15.6 Å². The number of nitrogens with one attached hydrogen (secondary N) is 2. The van der Waals surface area contributed by atoms with Crippen molar-refractivity contribution in [2.24, 2.45) is 0 Å². The number of nitrogens with zero attached hydrogens (tertiary/aromatic N) is 2. The number of amides is 2. The van der Waals surface area contributed by atoms with Gasteiger partial charge in [0.25, 0.3) is 0 Å². The van der Waals surface area contributed by atoms with E-state index in [1.807, 2.05) is 36.1 Å². The Bertz CT molecular complexity index is 455. The van der Waals surface area contributed by atoms with Gasteiger partial charge in [-0.05, 0) is 25.5 Å². The zero-order valence-corrected chi connectivity index (χ0v) is 13.9. The van der Waals surface area contributed by atoms with E-state index in [9.17, 15) is 4.79 Å². The van der Waals surface area contributed by atoms with Gasteiger partial charge in [-0.1, -0.05) is 0 Å². The van der Waals surface area contributed by atoms with Crippen molar-refractivity contribution in [2.45, 2.75) is 31.1 Å². The molecule has 2 heterocycles. The van der Waals surface area contributed by atoms with E-state index in [0.717, 1.165) is 17.4 Å². The van der Waals surface area contributed by atoms with Crippen molar-refractivity contribution in [2.75, 3.05) is 31.3 Å². The third-order valence-electron chi connectivity index (χ3n) is 3.28. The van der Waals surface area contributed by atoms with Gasteiger partial charge in [0.1, 0.15) is 0 Å². The van der Waals surface area contributed by atoms with Gasteiger partial charge in [0.05, 0.1) is 12.2 Å². The van der Waals surface area contributed by atoms with Gasteiger partial charge in [-0.15, -0.1) is 11.3 Å². The van der Waals surface area contributed by atoms with Crippen LogP contribution in [0.25, 0.3) is 0 Å². The van der Waals surface area contributed by atoms with E-state index in [2.05, 4.69) is 22.5 Å². The molecule has 0 spiro atoms. The largest absolute Gasteiger partial charge is 0.354 e. The Kier molecular flexibility index (Phi) is 5.15. The number of hydrogen-bond acceptors (Lipinski definition) is 5. The molecular weight excluding hydrogens is 292 g/mol. The van der Waals surface area contributed by atoms with Crippen LogP contribution < -0.4 is 15.5 Å². The zero-order valence-electron chi connectivity index (χ0n) is 12.2. The second kappa shape index (κ2) is 6.67. The minimum atomic E-state index is -0.113. The Balaban J connectivity index is 1.71. The maximum Gasteiger partial charge on any atom is 0.315 e. The summed E-state index contributed by atoms with van der Waals surface area (Å²) in [5.74, 6) is 1.20. The predicted octanol–water partition coefficient (Wildman–Crippen LogP) is 2.29. The molecule has 1 saturated heterocycles. The molecule has 1 fully saturated rings. The molecule has 1 atom stereocenters. The average molecular weight is 314 g/mol. The van der Waals surface area contributed by atoms with E-state index in [0.29, 0.717) is 6.54 Å². The number of thioether (sulfide) groups is 1. The fourth-order valence-corrected chi connectivity index (χ4v) is 4.06. The molecule has 1 aromatic heterocycles. The maximum absolute atomic E-state index is 11.8. The van der Waals surface area contributed by atoms with Gasteiger partial charge in [-0.2, -0.15) is 11.8 Å². The standard InChI is InChI=1S/C13H22N4OS2/c1-13(5-4-6-20-13)9-15-11(18)14-7-10-8-19-12(16-10)17(2)3/h8H,4-7,9H2,1-3H3,(H2,14,15,18)/t13-/m0/s1. The average Bonchev–Trinajstić information content (AvgIpc) is 3.03. The lowest BCUT2D eigenvalue weighted by molar-refractivity contribution is 0.239. The molecule has 5 nitrogen and oxygen atoms in total. The number of carbonyl (C=O) groups is 1. The molecule has 20 heavy (non-hydrogen) atoms. The van der Waals surface area contributed by atoms with Crippen molar-refractivity contribution in [3.63, 3.8) is 0 Å². The van der Waals surface area contributed by atoms with Gasteiger partial charge >= 0.3 is 6.03 Å². The highest BCUT2D eigenvalue weighted by Gasteiger charge is 2.29. The number of thiazole rings is 1. The van der Waals surface area contributed by atoms with Crippen molar-refractivity contribution < 1.29 is 4.79 Å². The molecule has 1 aliphatic heterocycles. The monoisotopic (exact) mass is 314 g/mol. The topological polar surface area (TPSA) is 57.3 Å². The summed E-state index contributed by atoms with van der Waals surface area (Å²) >= 11 is 3.53. The van der Waals surface area contributed by atoms with E-state index < -0.39 is 0 Å². The lowest BCUT2D eigenvalue weighted by atomic mass is 10.1. The molecular formula is C13H22N4OS2. The van der Waals surface area contributed by atoms with Gasteiger partial charge < -0.3 is 15.5 Å². The Morgan fingerprint density at radius 2 is 2.30 bits per heavy atom. The lowest BCUT2D eigenvalue weighted by Gasteiger charge is -2.22. The van der Waals surface area contributed by atoms with Crippen molar-refractivity contribution in [3.05, 3.63) is 11.1 Å². The van der Waals surface area contributed by atoms with Crippen molar-refractivity contribution in [3.8, 4) is 0 Å².